The molecule has 0 spiro atoms. The van der Waals surface area contributed by atoms with Crippen molar-refractivity contribution in [1.82, 2.24) is 4.72 Å². The van der Waals surface area contributed by atoms with Crippen molar-refractivity contribution in [3.05, 3.63) is 77.8 Å². The molecule has 3 aromatic rings. The molecule has 0 saturated heterocycles. The molecule has 0 unspecified atom stereocenters. The lowest BCUT2D eigenvalue weighted by Gasteiger charge is -2.17. The van der Waals surface area contributed by atoms with Gasteiger partial charge in [-0.3, -0.25) is 4.79 Å². The number of nitrogens with one attached hydrogen (secondary N) is 2. The normalized spacial score (nSPS) is 12.1. The van der Waals surface area contributed by atoms with Gasteiger partial charge in [-0.15, -0.1) is 0 Å². The van der Waals surface area contributed by atoms with Crippen molar-refractivity contribution in [3.63, 3.8) is 0 Å². The maximum absolute atomic E-state index is 12.8. The number of methoxy groups -OCH3 is 1. The van der Waals surface area contributed by atoms with Crippen LogP contribution in [0.25, 0.3) is 0 Å². The second-order valence-corrected chi connectivity index (χ2v) is 8.66. The van der Waals surface area contributed by atoms with Crippen LogP contribution in [0.3, 0.4) is 0 Å². The summed E-state index contributed by atoms with van der Waals surface area (Å²) in [6, 6.07) is 19.1. The van der Waals surface area contributed by atoms with Crippen LogP contribution in [0.2, 0.25) is 5.02 Å². The van der Waals surface area contributed by atoms with E-state index in [9.17, 15) is 13.2 Å². The Hall–Kier alpha value is -3.07. The zero-order chi connectivity index (χ0) is 22.4. The molecular weight excluding hydrogens is 440 g/mol. The molecule has 0 radical (unpaired) electrons. The van der Waals surface area contributed by atoms with Crippen LogP contribution >= 0.6 is 11.6 Å². The molecular formula is C22H21ClN2O5S. The Balaban J connectivity index is 1.75. The standard InChI is InChI=1S/C22H21ClN2O5S/c1-15(25-31(27,28)21-14-16(23)12-13-20(21)29-2)22(26)24-18-10-6-7-11-19(18)30-17-8-4-3-5-9-17/h3-15,25H,1-2H3,(H,24,26)/t15-/m1/s1. The second kappa shape index (κ2) is 9.82. The van der Waals surface area contributed by atoms with E-state index in [-0.39, 0.29) is 15.7 Å². The molecule has 0 aliphatic carbocycles. The van der Waals surface area contributed by atoms with E-state index in [4.69, 9.17) is 21.1 Å². The van der Waals surface area contributed by atoms with Crippen LogP contribution in [0.1, 0.15) is 6.92 Å². The van der Waals surface area contributed by atoms with Gasteiger partial charge in [0.25, 0.3) is 0 Å². The van der Waals surface area contributed by atoms with Gasteiger partial charge in [0.15, 0.2) is 5.75 Å². The number of carbonyl (C=O) groups is 1. The SMILES string of the molecule is COc1ccc(Cl)cc1S(=O)(=O)N[C@H](C)C(=O)Nc1ccccc1Oc1ccccc1. The first-order chi connectivity index (χ1) is 14.8. The topological polar surface area (TPSA) is 93.7 Å². The number of anilines is 1. The number of rotatable bonds is 8. The first kappa shape index (κ1) is 22.6. The minimum atomic E-state index is -4.07. The van der Waals surface area contributed by atoms with E-state index in [1.807, 2.05) is 18.2 Å². The molecule has 3 aromatic carbocycles. The van der Waals surface area contributed by atoms with Gasteiger partial charge in [0.2, 0.25) is 15.9 Å². The van der Waals surface area contributed by atoms with Gasteiger partial charge in [0, 0.05) is 5.02 Å². The number of amides is 1. The van der Waals surface area contributed by atoms with Gasteiger partial charge in [-0.1, -0.05) is 41.9 Å². The van der Waals surface area contributed by atoms with Crippen LogP contribution in [0.4, 0.5) is 5.69 Å². The highest BCUT2D eigenvalue weighted by molar-refractivity contribution is 7.89. The predicted octanol–water partition coefficient (Wildman–Crippen LogP) is 4.45. The minimum Gasteiger partial charge on any atom is -0.495 e. The highest BCUT2D eigenvalue weighted by Crippen LogP contribution is 2.30. The highest BCUT2D eigenvalue weighted by Gasteiger charge is 2.26. The number of ether oxygens (including phenoxy) is 2. The lowest BCUT2D eigenvalue weighted by molar-refractivity contribution is -0.117. The van der Waals surface area contributed by atoms with Crippen molar-refractivity contribution in [2.45, 2.75) is 17.9 Å². The summed E-state index contributed by atoms with van der Waals surface area (Å²) in [7, 11) is -2.72. The van der Waals surface area contributed by atoms with E-state index in [1.165, 1.54) is 32.2 Å². The lowest BCUT2D eigenvalue weighted by Crippen LogP contribution is -2.41. The molecule has 0 aliphatic heterocycles. The number of carbonyl (C=O) groups excluding carboxylic acids is 1. The maximum Gasteiger partial charge on any atom is 0.245 e. The van der Waals surface area contributed by atoms with Crippen LogP contribution in [-0.4, -0.2) is 27.5 Å². The van der Waals surface area contributed by atoms with Gasteiger partial charge in [0.05, 0.1) is 18.8 Å². The van der Waals surface area contributed by atoms with Gasteiger partial charge in [-0.05, 0) is 49.4 Å². The van der Waals surface area contributed by atoms with Gasteiger partial charge >= 0.3 is 0 Å². The van der Waals surface area contributed by atoms with Crippen molar-refractivity contribution in [2.75, 3.05) is 12.4 Å². The number of para-hydroxylation sites is 3. The summed E-state index contributed by atoms with van der Waals surface area (Å²) >= 11 is 5.93. The monoisotopic (exact) mass is 460 g/mol. The minimum absolute atomic E-state index is 0.117. The average molecular weight is 461 g/mol. The van der Waals surface area contributed by atoms with E-state index in [2.05, 4.69) is 10.0 Å². The zero-order valence-electron chi connectivity index (χ0n) is 16.8. The number of benzene rings is 3. The molecule has 2 N–H and O–H groups in total. The van der Waals surface area contributed by atoms with Crippen molar-refractivity contribution in [2.24, 2.45) is 0 Å². The Kier molecular flexibility index (Phi) is 7.17. The van der Waals surface area contributed by atoms with Crippen molar-refractivity contribution < 1.29 is 22.7 Å². The summed E-state index contributed by atoms with van der Waals surface area (Å²) in [6.07, 6.45) is 0. The fraction of sp³-hybridized carbons (Fsp3) is 0.136. The third-order valence-corrected chi connectivity index (χ3v) is 6.05. The summed E-state index contributed by atoms with van der Waals surface area (Å²) in [5, 5.41) is 2.92. The molecule has 162 valence electrons. The Morgan fingerprint density at radius 1 is 0.968 bits per heavy atom. The summed E-state index contributed by atoms with van der Waals surface area (Å²) in [6.45, 7) is 1.44. The number of halogens is 1. The number of hydrogen-bond donors (Lipinski definition) is 2. The third kappa shape index (κ3) is 5.75. The van der Waals surface area contributed by atoms with Crippen LogP contribution in [0.15, 0.2) is 77.7 Å². The summed E-state index contributed by atoms with van der Waals surface area (Å²) in [4.78, 5) is 12.5. The van der Waals surface area contributed by atoms with Crippen molar-refractivity contribution in [3.8, 4) is 17.2 Å². The number of sulfonamides is 1. The molecule has 0 saturated carbocycles. The Labute approximate surface area is 186 Å². The van der Waals surface area contributed by atoms with E-state index >= 15 is 0 Å². The molecule has 3 rings (SSSR count). The molecule has 1 atom stereocenters. The van der Waals surface area contributed by atoms with E-state index < -0.39 is 22.0 Å². The van der Waals surface area contributed by atoms with Gasteiger partial charge in [-0.25, -0.2) is 8.42 Å². The Morgan fingerprint density at radius 3 is 2.35 bits per heavy atom. The van der Waals surface area contributed by atoms with E-state index in [1.54, 1.807) is 36.4 Å². The maximum atomic E-state index is 12.8. The number of hydrogen-bond acceptors (Lipinski definition) is 5. The molecule has 0 aromatic heterocycles. The largest absolute Gasteiger partial charge is 0.495 e. The molecule has 0 bridgehead atoms. The lowest BCUT2D eigenvalue weighted by atomic mass is 10.2. The van der Waals surface area contributed by atoms with E-state index in [0.29, 0.717) is 17.2 Å². The molecule has 1 amide bonds. The van der Waals surface area contributed by atoms with E-state index in [0.717, 1.165) is 0 Å². The molecule has 0 heterocycles. The third-order valence-electron chi connectivity index (χ3n) is 4.26. The van der Waals surface area contributed by atoms with Crippen molar-refractivity contribution in [1.29, 1.82) is 0 Å². The van der Waals surface area contributed by atoms with Crippen molar-refractivity contribution >= 4 is 33.2 Å². The molecule has 7 nitrogen and oxygen atoms in total. The van der Waals surface area contributed by atoms with Gasteiger partial charge in [-0.2, -0.15) is 4.72 Å². The zero-order valence-corrected chi connectivity index (χ0v) is 18.4. The van der Waals surface area contributed by atoms with Gasteiger partial charge < -0.3 is 14.8 Å². The molecule has 0 aliphatic rings. The van der Waals surface area contributed by atoms with Gasteiger partial charge in [0.1, 0.15) is 16.4 Å². The summed E-state index contributed by atoms with van der Waals surface area (Å²) < 4.78 is 38.8. The Bertz CT molecular complexity index is 1170. The average Bonchev–Trinajstić information content (AvgIpc) is 2.75. The smallest absolute Gasteiger partial charge is 0.245 e. The summed E-state index contributed by atoms with van der Waals surface area (Å²) in [5.41, 5.74) is 0.405. The summed E-state index contributed by atoms with van der Waals surface area (Å²) in [5.74, 6) is 0.583. The molecule has 9 heteroatoms. The first-order valence-electron chi connectivity index (χ1n) is 9.29. The quantitative estimate of drug-likeness (QED) is 0.518. The van der Waals surface area contributed by atoms with Crippen LogP contribution < -0.4 is 19.5 Å². The molecule has 0 fully saturated rings. The highest BCUT2D eigenvalue weighted by atomic mass is 35.5. The van der Waals surface area contributed by atoms with Crippen LogP contribution in [-0.2, 0) is 14.8 Å². The fourth-order valence-corrected chi connectivity index (χ4v) is 4.36. The Morgan fingerprint density at radius 2 is 1.65 bits per heavy atom. The second-order valence-electron chi connectivity index (χ2n) is 6.54. The van der Waals surface area contributed by atoms with Crippen LogP contribution in [0, 0.1) is 0 Å². The predicted molar refractivity (Wildman–Crippen MR) is 119 cm³/mol. The fourth-order valence-electron chi connectivity index (χ4n) is 2.73. The molecule has 31 heavy (non-hydrogen) atoms. The van der Waals surface area contributed by atoms with Crippen LogP contribution in [0.5, 0.6) is 17.2 Å². The first-order valence-corrected chi connectivity index (χ1v) is 11.1.